The van der Waals surface area contributed by atoms with Gasteiger partial charge in [-0.05, 0) is 37.1 Å². The summed E-state index contributed by atoms with van der Waals surface area (Å²) in [5, 5.41) is 0. The van der Waals surface area contributed by atoms with Crippen LogP contribution in [0.4, 0.5) is 0 Å². The number of rotatable bonds is 5. The normalized spacial score (nSPS) is 11.6. The summed E-state index contributed by atoms with van der Waals surface area (Å²) < 4.78 is 30.4. The van der Waals surface area contributed by atoms with Crippen LogP contribution in [-0.2, 0) is 15.6 Å². The summed E-state index contributed by atoms with van der Waals surface area (Å²) in [5.41, 5.74) is 1.31. The van der Waals surface area contributed by atoms with Gasteiger partial charge in [0.1, 0.15) is 12.4 Å². The molecule has 0 fully saturated rings. The lowest BCUT2D eigenvalue weighted by Gasteiger charge is -2.12. The molecule has 0 aliphatic heterocycles. The SMILES string of the molecule is Cc1cc(S(=O)(=O)Cl)c(C)cc1OCCn1ccnc1. The Bertz CT molecular complexity index is 697. The van der Waals surface area contributed by atoms with Crippen LogP contribution in [0.25, 0.3) is 0 Å². The first-order valence-electron chi connectivity index (χ1n) is 6.02. The smallest absolute Gasteiger partial charge is 0.261 e. The molecule has 0 unspecified atom stereocenters. The summed E-state index contributed by atoms with van der Waals surface area (Å²) in [5.74, 6) is 0.659. The van der Waals surface area contributed by atoms with Crippen molar-refractivity contribution in [3.8, 4) is 5.75 Å². The van der Waals surface area contributed by atoms with Crippen molar-refractivity contribution in [3.05, 3.63) is 42.0 Å². The predicted octanol–water partition coefficient (Wildman–Crippen LogP) is 2.51. The van der Waals surface area contributed by atoms with Crippen molar-refractivity contribution in [2.45, 2.75) is 25.3 Å². The number of ether oxygens (including phenoxy) is 1. The van der Waals surface area contributed by atoms with E-state index in [9.17, 15) is 8.42 Å². The number of aromatic nitrogens is 2. The molecule has 0 aliphatic rings. The molecule has 0 atom stereocenters. The molecule has 7 heteroatoms. The van der Waals surface area contributed by atoms with Gasteiger partial charge in [-0.15, -0.1) is 0 Å². The first-order chi connectivity index (χ1) is 9.38. The van der Waals surface area contributed by atoms with E-state index in [1.165, 1.54) is 6.07 Å². The van der Waals surface area contributed by atoms with E-state index < -0.39 is 9.05 Å². The van der Waals surface area contributed by atoms with Gasteiger partial charge in [0.05, 0.1) is 17.8 Å². The number of imidazole rings is 1. The quantitative estimate of drug-likeness (QED) is 0.796. The molecule has 2 rings (SSSR count). The van der Waals surface area contributed by atoms with E-state index in [2.05, 4.69) is 4.98 Å². The molecule has 0 N–H and O–H groups in total. The molecule has 108 valence electrons. The summed E-state index contributed by atoms with van der Waals surface area (Å²) in [6.45, 7) is 4.63. The minimum Gasteiger partial charge on any atom is -0.491 e. The molecular formula is C13H15ClN2O3S. The average Bonchev–Trinajstić information content (AvgIpc) is 2.84. The molecular weight excluding hydrogens is 300 g/mol. The number of aryl methyl sites for hydroxylation is 2. The molecule has 0 spiro atoms. The summed E-state index contributed by atoms with van der Waals surface area (Å²) in [4.78, 5) is 4.07. The van der Waals surface area contributed by atoms with Crippen LogP contribution in [0.5, 0.6) is 5.75 Å². The number of hydrogen-bond acceptors (Lipinski definition) is 4. The number of hydrogen-bond donors (Lipinski definition) is 0. The van der Waals surface area contributed by atoms with Crippen LogP contribution in [-0.4, -0.2) is 24.6 Å². The highest BCUT2D eigenvalue weighted by Crippen LogP contribution is 2.27. The van der Waals surface area contributed by atoms with Gasteiger partial charge >= 0.3 is 0 Å². The monoisotopic (exact) mass is 314 g/mol. The van der Waals surface area contributed by atoms with Gasteiger partial charge in [-0.2, -0.15) is 0 Å². The first kappa shape index (κ1) is 14.9. The van der Waals surface area contributed by atoms with Crippen LogP contribution in [0.15, 0.2) is 35.7 Å². The molecule has 0 radical (unpaired) electrons. The molecule has 5 nitrogen and oxygen atoms in total. The van der Waals surface area contributed by atoms with Crippen molar-refractivity contribution in [2.24, 2.45) is 0 Å². The number of nitrogens with zero attached hydrogens (tertiary/aromatic N) is 2. The van der Waals surface area contributed by atoms with Crippen molar-refractivity contribution in [1.29, 1.82) is 0 Å². The minimum absolute atomic E-state index is 0.124. The molecule has 1 aromatic carbocycles. The van der Waals surface area contributed by atoms with Gasteiger partial charge in [0.15, 0.2) is 0 Å². The van der Waals surface area contributed by atoms with Crippen molar-refractivity contribution in [1.82, 2.24) is 9.55 Å². The second kappa shape index (κ2) is 5.85. The molecule has 0 aliphatic carbocycles. The Morgan fingerprint density at radius 1 is 1.30 bits per heavy atom. The van der Waals surface area contributed by atoms with Crippen LogP contribution in [0, 0.1) is 13.8 Å². The Kier molecular flexibility index (Phi) is 4.35. The Hall–Kier alpha value is -1.53. The van der Waals surface area contributed by atoms with E-state index in [4.69, 9.17) is 15.4 Å². The predicted molar refractivity (Wildman–Crippen MR) is 76.7 cm³/mol. The summed E-state index contributed by atoms with van der Waals surface area (Å²) in [6, 6.07) is 3.22. The van der Waals surface area contributed by atoms with Gasteiger partial charge < -0.3 is 9.30 Å². The molecule has 1 heterocycles. The highest BCUT2D eigenvalue weighted by Gasteiger charge is 2.15. The molecule has 2 aromatic rings. The van der Waals surface area contributed by atoms with Crippen molar-refractivity contribution < 1.29 is 13.2 Å². The maximum atomic E-state index is 11.4. The molecule has 20 heavy (non-hydrogen) atoms. The van der Waals surface area contributed by atoms with Gasteiger partial charge in [0.25, 0.3) is 9.05 Å². The number of benzene rings is 1. The van der Waals surface area contributed by atoms with Crippen LogP contribution in [0.1, 0.15) is 11.1 Å². The van der Waals surface area contributed by atoms with Crippen LogP contribution in [0.3, 0.4) is 0 Å². The molecule has 1 aromatic heterocycles. The second-order valence-corrected chi connectivity index (χ2v) is 7.00. The summed E-state index contributed by atoms with van der Waals surface area (Å²) >= 11 is 0. The van der Waals surface area contributed by atoms with E-state index in [0.717, 1.165) is 5.56 Å². The Morgan fingerprint density at radius 3 is 2.65 bits per heavy atom. The highest BCUT2D eigenvalue weighted by molar-refractivity contribution is 8.13. The summed E-state index contributed by atoms with van der Waals surface area (Å²) in [6.07, 6.45) is 5.27. The molecule has 0 bridgehead atoms. The van der Waals surface area contributed by atoms with E-state index in [0.29, 0.717) is 24.5 Å². The standard InChI is InChI=1S/C13H15ClN2O3S/c1-10-8-13(20(14,17)18)11(2)7-12(10)19-6-5-16-4-3-15-9-16/h3-4,7-9H,5-6H2,1-2H3. The van der Waals surface area contributed by atoms with Gasteiger partial charge in [-0.1, -0.05) is 0 Å². The fourth-order valence-corrected chi connectivity index (χ4v) is 3.12. The molecule has 0 saturated carbocycles. The Morgan fingerprint density at radius 2 is 2.05 bits per heavy atom. The van der Waals surface area contributed by atoms with Gasteiger partial charge in [0, 0.05) is 23.1 Å². The molecule has 0 amide bonds. The lowest BCUT2D eigenvalue weighted by molar-refractivity contribution is 0.296. The fraction of sp³-hybridized carbons (Fsp3) is 0.308. The van der Waals surface area contributed by atoms with Crippen LogP contribution in [0.2, 0.25) is 0 Å². The summed E-state index contributed by atoms with van der Waals surface area (Å²) in [7, 11) is 1.66. The van der Waals surface area contributed by atoms with E-state index >= 15 is 0 Å². The third kappa shape index (κ3) is 3.52. The van der Waals surface area contributed by atoms with Crippen molar-refractivity contribution in [3.63, 3.8) is 0 Å². The van der Waals surface area contributed by atoms with E-state index in [1.807, 2.05) is 10.8 Å². The highest BCUT2D eigenvalue weighted by atomic mass is 35.7. The number of halogens is 1. The first-order valence-corrected chi connectivity index (χ1v) is 8.33. The van der Waals surface area contributed by atoms with Gasteiger partial charge in [0.2, 0.25) is 0 Å². The largest absolute Gasteiger partial charge is 0.491 e. The van der Waals surface area contributed by atoms with Gasteiger partial charge in [-0.3, -0.25) is 0 Å². The third-order valence-electron chi connectivity index (χ3n) is 2.90. The maximum absolute atomic E-state index is 11.4. The van der Waals surface area contributed by atoms with Crippen molar-refractivity contribution in [2.75, 3.05) is 6.61 Å². The van der Waals surface area contributed by atoms with Gasteiger partial charge in [-0.25, -0.2) is 13.4 Å². The topological polar surface area (TPSA) is 61.2 Å². The average molecular weight is 315 g/mol. The Balaban J connectivity index is 2.11. The van der Waals surface area contributed by atoms with Crippen LogP contribution >= 0.6 is 10.7 Å². The van der Waals surface area contributed by atoms with E-state index in [1.54, 1.807) is 32.4 Å². The molecule has 0 saturated heterocycles. The van der Waals surface area contributed by atoms with E-state index in [-0.39, 0.29) is 4.90 Å². The Labute approximate surface area is 122 Å². The van der Waals surface area contributed by atoms with Crippen molar-refractivity contribution >= 4 is 19.7 Å². The second-order valence-electron chi connectivity index (χ2n) is 4.47. The zero-order valence-electron chi connectivity index (χ0n) is 11.2. The lowest BCUT2D eigenvalue weighted by atomic mass is 10.1. The zero-order chi connectivity index (χ0) is 14.8. The maximum Gasteiger partial charge on any atom is 0.261 e. The van der Waals surface area contributed by atoms with Crippen LogP contribution < -0.4 is 4.74 Å². The zero-order valence-corrected chi connectivity index (χ0v) is 12.8. The lowest BCUT2D eigenvalue weighted by Crippen LogP contribution is -2.08. The fourth-order valence-electron chi connectivity index (χ4n) is 1.86. The third-order valence-corrected chi connectivity index (χ3v) is 4.37. The minimum atomic E-state index is -3.72.